The first kappa shape index (κ1) is 18.8. The lowest BCUT2D eigenvalue weighted by Gasteiger charge is -2.16. The van der Waals surface area contributed by atoms with Gasteiger partial charge in [0, 0.05) is 32.0 Å². The van der Waals surface area contributed by atoms with Gasteiger partial charge in [-0.2, -0.15) is 5.10 Å². The summed E-state index contributed by atoms with van der Waals surface area (Å²) in [6.45, 7) is 8.33. The lowest BCUT2D eigenvalue weighted by molar-refractivity contribution is 0.250. The van der Waals surface area contributed by atoms with Gasteiger partial charge in [-0.25, -0.2) is 9.59 Å². The molecule has 0 saturated carbocycles. The number of amides is 2. The zero-order valence-electron chi connectivity index (χ0n) is 16.6. The summed E-state index contributed by atoms with van der Waals surface area (Å²) >= 11 is 0. The fourth-order valence-electron chi connectivity index (χ4n) is 3.37. The van der Waals surface area contributed by atoms with Crippen LogP contribution in [0.25, 0.3) is 11.0 Å². The van der Waals surface area contributed by atoms with Crippen molar-refractivity contribution < 1.29 is 4.79 Å². The molecule has 0 bridgehead atoms. The topological polar surface area (TPSA) is 85.9 Å². The van der Waals surface area contributed by atoms with Crippen molar-refractivity contribution >= 4 is 22.8 Å². The molecule has 0 aliphatic heterocycles. The van der Waals surface area contributed by atoms with Gasteiger partial charge in [-0.1, -0.05) is 0 Å². The number of imidazole rings is 1. The largest absolute Gasteiger partial charge is 0.336 e. The van der Waals surface area contributed by atoms with E-state index in [0.29, 0.717) is 12.2 Å². The summed E-state index contributed by atoms with van der Waals surface area (Å²) in [6.07, 6.45) is 0. The van der Waals surface area contributed by atoms with Gasteiger partial charge in [-0.3, -0.25) is 13.8 Å². The molecule has 0 saturated heterocycles. The first-order chi connectivity index (χ1) is 12.7. The molecule has 8 nitrogen and oxygen atoms in total. The van der Waals surface area contributed by atoms with Crippen molar-refractivity contribution in [2.75, 3.05) is 11.9 Å². The molecule has 2 heterocycles. The Kier molecular flexibility index (Phi) is 4.82. The Balaban J connectivity index is 1.72. The summed E-state index contributed by atoms with van der Waals surface area (Å²) in [5.41, 5.74) is 5.12. The Hall–Kier alpha value is -3.03. The van der Waals surface area contributed by atoms with Crippen molar-refractivity contribution in [3.05, 3.63) is 45.6 Å². The maximum Gasteiger partial charge on any atom is 0.328 e. The van der Waals surface area contributed by atoms with Crippen LogP contribution < -0.4 is 16.3 Å². The highest BCUT2D eigenvalue weighted by Gasteiger charge is 2.14. The molecular formula is C19H26N6O2. The van der Waals surface area contributed by atoms with E-state index < -0.39 is 0 Å². The first-order valence-corrected chi connectivity index (χ1v) is 8.92. The highest BCUT2D eigenvalue weighted by atomic mass is 16.2. The second kappa shape index (κ2) is 6.94. The molecule has 3 aromatic rings. The fraction of sp³-hybridized carbons (Fsp3) is 0.421. The third kappa shape index (κ3) is 3.47. The number of urea groups is 1. The third-order valence-corrected chi connectivity index (χ3v) is 4.89. The van der Waals surface area contributed by atoms with Crippen molar-refractivity contribution in [1.29, 1.82) is 0 Å². The number of fused-ring (bicyclic) bond motifs is 1. The van der Waals surface area contributed by atoms with Gasteiger partial charge in [0.25, 0.3) is 0 Å². The second-order valence-electron chi connectivity index (χ2n) is 7.11. The van der Waals surface area contributed by atoms with Crippen LogP contribution in [-0.4, -0.2) is 31.5 Å². The van der Waals surface area contributed by atoms with E-state index in [-0.39, 0.29) is 17.8 Å². The normalized spacial score (nSPS) is 12.4. The predicted molar refractivity (Wildman–Crippen MR) is 106 cm³/mol. The van der Waals surface area contributed by atoms with Crippen molar-refractivity contribution in [3.8, 4) is 0 Å². The van der Waals surface area contributed by atoms with Crippen molar-refractivity contribution in [3.63, 3.8) is 0 Å². The van der Waals surface area contributed by atoms with E-state index in [4.69, 9.17) is 0 Å². The molecule has 2 aromatic heterocycles. The minimum Gasteiger partial charge on any atom is -0.336 e. The van der Waals surface area contributed by atoms with Crippen LogP contribution in [0.4, 0.5) is 10.5 Å². The summed E-state index contributed by atoms with van der Waals surface area (Å²) < 4.78 is 5.08. The molecule has 0 aliphatic carbocycles. The number of aromatic nitrogens is 4. The lowest BCUT2D eigenvalue weighted by atomic mass is 10.1. The van der Waals surface area contributed by atoms with E-state index in [1.54, 1.807) is 23.2 Å². The van der Waals surface area contributed by atoms with Crippen LogP contribution in [0.2, 0.25) is 0 Å². The third-order valence-electron chi connectivity index (χ3n) is 4.89. The average molecular weight is 370 g/mol. The summed E-state index contributed by atoms with van der Waals surface area (Å²) in [5, 5.41) is 10.2. The maximum absolute atomic E-state index is 12.4. The molecule has 0 aliphatic rings. The first-order valence-electron chi connectivity index (χ1n) is 8.92. The van der Waals surface area contributed by atoms with Gasteiger partial charge in [-0.05, 0) is 51.5 Å². The fourth-order valence-corrected chi connectivity index (χ4v) is 3.37. The van der Waals surface area contributed by atoms with Crippen LogP contribution in [0.3, 0.4) is 0 Å². The Morgan fingerprint density at radius 1 is 1.11 bits per heavy atom. The molecule has 0 fully saturated rings. The molecule has 0 radical (unpaired) electrons. The van der Waals surface area contributed by atoms with Crippen LogP contribution in [0.15, 0.2) is 23.0 Å². The van der Waals surface area contributed by atoms with Gasteiger partial charge in [0.15, 0.2) is 0 Å². The van der Waals surface area contributed by atoms with E-state index >= 15 is 0 Å². The van der Waals surface area contributed by atoms with E-state index in [1.165, 1.54) is 0 Å². The SMILES string of the molecule is Cc1cc(C)n([C@H](C)CNC(=O)Nc2cc3c(cc2C)n(C)c(=O)n3C)n1. The molecule has 2 amide bonds. The summed E-state index contributed by atoms with van der Waals surface area (Å²) in [5.74, 6) is 0. The van der Waals surface area contributed by atoms with Crippen molar-refractivity contribution in [2.24, 2.45) is 14.1 Å². The number of rotatable bonds is 4. The molecule has 3 rings (SSSR count). The second-order valence-corrected chi connectivity index (χ2v) is 7.11. The van der Waals surface area contributed by atoms with Crippen LogP contribution in [0.1, 0.15) is 29.9 Å². The number of nitrogens with one attached hydrogen (secondary N) is 2. The number of aryl methyl sites for hydroxylation is 5. The molecule has 0 spiro atoms. The Morgan fingerprint density at radius 2 is 1.74 bits per heavy atom. The molecule has 1 atom stereocenters. The van der Waals surface area contributed by atoms with Crippen LogP contribution in [0, 0.1) is 20.8 Å². The van der Waals surface area contributed by atoms with Crippen molar-refractivity contribution in [1.82, 2.24) is 24.2 Å². The quantitative estimate of drug-likeness (QED) is 0.739. The average Bonchev–Trinajstić information content (AvgIpc) is 3.05. The van der Waals surface area contributed by atoms with E-state index in [0.717, 1.165) is 28.0 Å². The number of benzene rings is 1. The molecule has 27 heavy (non-hydrogen) atoms. The van der Waals surface area contributed by atoms with Gasteiger partial charge in [0.05, 0.1) is 22.8 Å². The Labute approximate surface area is 157 Å². The number of carbonyl (C=O) groups is 1. The summed E-state index contributed by atoms with van der Waals surface area (Å²) in [4.78, 5) is 24.5. The smallest absolute Gasteiger partial charge is 0.328 e. The summed E-state index contributed by atoms with van der Waals surface area (Å²) in [7, 11) is 3.46. The van der Waals surface area contributed by atoms with E-state index in [1.807, 2.05) is 50.6 Å². The van der Waals surface area contributed by atoms with Crippen LogP contribution in [0.5, 0.6) is 0 Å². The maximum atomic E-state index is 12.4. The molecule has 8 heteroatoms. The Morgan fingerprint density at radius 3 is 2.33 bits per heavy atom. The monoisotopic (exact) mass is 370 g/mol. The van der Waals surface area contributed by atoms with E-state index in [9.17, 15) is 9.59 Å². The molecule has 1 aromatic carbocycles. The minimum absolute atomic E-state index is 0.0444. The van der Waals surface area contributed by atoms with Crippen molar-refractivity contribution in [2.45, 2.75) is 33.7 Å². The standard InChI is InChI=1S/C19H26N6O2/c1-11-7-16-17(24(6)19(27)23(16)5)9-15(11)21-18(26)20-10-14(4)25-13(3)8-12(2)22-25/h7-9,14H,10H2,1-6H3,(H2,20,21,26)/t14-/m1/s1. The zero-order chi connectivity index (χ0) is 19.9. The Bertz CT molecular complexity index is 1070. The number of hydrogen-bond acceptors (Lipinski definition) is 3. The van der Waals surface area contributed by atoms with Gasteiger partial charge in [0.2, 0.25) is 0 Å². The van der Waals surface area contributed by atoms with Gasteiger partial charge in [0.1, 0.15) is 0 Å². The number of anilines is 1. The van der Waals surface area contributed by atoms with E-state index in [2.05, 4.69) is 15.7 Å². The predicted octanol–water partition coefficient (Wildman–Crippen LogP) is 2.38. The molecular weight excluding hydrogens is 344 g/mol. The summed E-state index contributed by atoms with van der Waals surface area (Å²) in [6, 6.07) is 5.51. The minimum atomic E-state index is -0.285. The highest BCUT2D eigenvalue weighted by molar-refractivity contribution is 5.93. The van der Waals surface area contributed by atoms with Gasteiger partial charge >= 0.3 is 11.7 Å². The lowest BCUT2D eigenvalue weighted by Crippen LogP contribution is -2.33. The zero-order valence-corrected chi connectivity index (χ0v) is 16.6. The van der Waals surface area contributed by atoms with Crippen LogP contribution in [-0.2, 0) is 14.1 Å². The molecule has 144 valence electrons. The number of nitrogens with zero attached hydrogens (tertiary/aromatic N) is 4. The van der Waals surface area contributed by atoms with Gasteiger partial charge < -0.3 is 10.6 Å². The number of carbonyl (C=O) groups excluding carboxylic acids is 1. The molecule has 2 N–H and O–H groups in total. The van der Waals surface area contributed by atoms with Gasteiger partial charge in [-0.15, -0.1) is 0 Å². The molecule has 0 unspecified atom stereocenters. The van der Waals surface area contributed by atoms with Crippen LogP contribution >= 0.6 is 0 Å². The number of hydrogen-bond donors (Lipinski definition) is 2. The highest BCUT2D eigenvalue weighted by Crippen LogP contribution is 2.22.